The highest BCUT2D eigenvalue weighted by Crippen LogP contribution is 2.24. The normalized spacial score (nSPS) is 12.2. The Kier molecular flexibility index (Phi) is 23.1. The average Bonchev–Trinajstić information content (AvgIpc) is 2.75. The van der Waals surface area contributed by atoms with Crippen molar-refractivity contribution in [2.45, 2.75) is 181 Å². The van der Waals surface area contributed by atoms with Gasteiger partial charge in [-0.1, -0.05) is 143 Å². The molecule has 188 valence electrons. The van der Waals surface area contributed by atoms with Crippen molar-refractivity contribution in [1.29, 1.82) is 0 Å². The van der Waals surface area contributed by atoms with Crippen LogP contribution in [0.2, 0.25) is 0 Å². The minimum atomic E-state index is 0.384. The third-order valence-electron chi connectivity index (χ3n) is 7.31. The molecule has 0 fully saturated rings. The van der Waals surface area contributed by atoms with Gasteiger partial charge in [-0.05, 0) is 46.2 Å². The second-order valence-corrected chi connectivity index (χ2v) is 10.9. The molecule has 0 amide bonds. The minimum Gasteiger partial charge on any atom is -0.298 e. The van der Waals surface area contributed by atoms with Crippen molar-refractivity contribution in [1.82, 2.24) is 4.90 Å². The number of nitrogens with zero attached hydrogens (tertiary/aromatic N) is 1. The molecule has 0 saturated carbocycles. The quantitative estimate of drug-likeness (QED) is 0.128. The SMILES string of the molecule is CCCCCCCCCCCCCC(C)(C)N(CCCCCCC)CCCCCCC. The summed E-state index contributed by atoms with van der Waals surface area (Å²) in [4.78, 5) is 2.86. The standard InChI is InChI=1S/C30H63N/c1-6-9-12-15-16-17-18-19-20-21-24-27-30(4,5)31(28-25-22-13-10-7-2)29-26-23-14-11-8-3/h6-29H2,1-5H3. The van der Waals surface area contributed by atoms with Gasteiger partial charge in [0.15, 0.2) is 0 Å². The molecule has 0 aromatic carbocycles. The van der Waals surface area contributed by atoms with Gasteiger partial charge < -0.3 is 0 Å². The molecule has 0 aromatic heterocycles. The zero-order valence-corrected chi connectivity index (χ0v) is 22.9. The Bertz CT molecular complexity index is 321. The van der Waals surface area contributed by atoms with E-state index < -0.39 is 0 Å². The molecule has 0 unspecified atom stereocenters. The maximum absolute atomic E-state index is 2.86. The molecule has 1 nitrogen and oxygen atoms in total. The zero-order valence-electron chi connectivity index (χ0n) is 22.9. The first kappa shape index (κ1) is 31.0. The van der Waals surface area contributed by atoms with Crippen molar-refractivity contribution in [2.24, 2.45) is 0 Å². The van der Waals surface area contributed by atoms with Crippen molar-refractivity contribution in [3.8, 4) is 0 Å². The number of hydrogen-bond acceptors (Lipinski definition) is 1. The summed E-state index contributed by atoms with van der Waals surface area (Å²) in [6.07, 6.45) is 31.4. The van der Waals surface area contributed by atoms with Crippen LogP contribution in [0, 0.1) is 0 Å². The van der Waals surface area contributed by atoms with Crippen LogP contribution in [0.25, 0.3) is 0 Å². The zero-order chi connectivity index (χ0) is 23.0. The van der Waals surface area contributed by atoms with E-state index in [1.165, 1.54) is 154 Å². The molecule has 0 rings (SSSR count). The molecule has 0 bridgehead atoms. The smallest absolute Gasteiger partial charge is 0.0153 e. The average molecular weight is 438 g/mol. The van der Waals surface area contributed by atoms with Gasteiger partial charge in [0.05, 0.1) is 0 Å². The molecule has 0 aliphatic rings. The van der Waals surface area contributed by atoms with E-state index in [0.29, 0.717) is 5.54 Å². The first-order valence-corrected chi connectivity index (χ1v) is 14.8. The maximum Gasteiger partial charge on any atom is 0.0153 e. The van der Waals surface area contributed by atoms with Crippen LogP contribution >= 0.6 is 0 Å². The molecule has 0 atom stereocenters. The van der Waals surface area contributed by atoms with E-state index >= 15 is 0 Å². The second-order valence-electron chi connectivity index (χ2n) is 10.9. The van der Waals surface area contributed by atoms with Gasteiger partial charge in [0.25, 0.3) is 0 Å². The Hall–Kier alpha value is -0.0400. The Morgan fingerprint density at radius 3 is 1.03 bits per heavy atom. The van der Waals surface area contributed by atoms with Crippen LogP contribution in [0.3, 0.4) is 0 Å². The number of hydrogen-bond donors (Lipinski definition) is 0. The fourth-order valence-electron chi connectivity index (χ4n) is 4.91. The van der Waals surface area contributed by atoms with Gasteiger partial charge in [-0.25, -0.2) is 0 Å². The summed E-state index contributed by atoms with van der Waals surface area (Å²) in [5, 5.41) is 0. The highest BCUT2D eigenvalue weighted by atomic mass is 15.2. The summed E-state index contributed by atoms with van der Waals surface area (Å²) in [5.74, 6) is 0. The third kappa shape index (κ3) is 20.3. The largest absolute Gasteiger partial charge is 0.298 e. The van der Waals surface area contributed by atoms with Gasteiger partial charge in [0, 0.05) is 5.54 Å². The molecule has 0 aromatic rings. The molecule has 0 radical (unpaired) electrons. The monoisotopic (exact) mass is 437 g/mol. The van der Waals surface area contributed by atoms with E-state index in [-0.39, 0.29) is 0 Å². The number of rotatable bonds is 25. The van der Waals surface area contributed by atoms with Gasteiger partial charge in [-0.3, -0.25) is 4.90 Å². The summed E-state index contributed by atoms with van der Waals surface area (Å²) in [6, 6.07) is 0. The minimum absolute atomic E-state index is 0.384. The maximum atomic E-state index is 2.86. The molecule has 1 heteroatoms. The van der Waals surface area contributed by atoms with Crippen LogP contribution in [0.5, 0.6) is 0 Å². The summed E-state index contributed by atoms with van der Waals surface area (Å²) in [5.41, 5.74) is 0.384. The first-order chi connectivity index (χ1) is 15.1. The van der Waals surface area contributed by atoms with Gasteiger partial charge in [0.1, 0.15) is 0 Å². The lowest BCUT2D eigenvalue weighted by molar-refractivity contribution is 0.102. The van der Waals surface area contributed by atoms with E-state index in [4.69, 9.17) is 0 Å². The van der Waals surface area contributed by atoms with E-state index in [2.05, 4.69) is 39.5 Å². The van der Waals surface area contributed by atoms with Gasteiger partial charge in [-0.15, -0.1) is 0 Å². The predicted molar refractivity (Wildman–Crippen MR) is 144 cm³/mol. The van der Waals surface area contributed by atoms with Crippen molar-refractivity contribution in [2.75, 3.05) is 13.1 Å². The molecule has 0 aliphatic heterocycles. The third-order valence-corrected chi connectivity index (χ3v) is 7.31. The van der Waals surface area contributed by atoms with Crippen molar-refractivity contribution in [3.05, 3.63) is 0 Å². The molecule has 0 N–H and O–H groups in total. The Balaban J connectivity index is 4.05. The van der Waals surface area contributed by atoms with Crippen LogP contribution in [0.15, 0.2) is 0 Å². The molecular formula is C30H63N. The fraction of sp³-hybridized carbons (Fsp3) is 1.00. The summed E-state index contributed by atoms with van der Waals surface area (Å²) < 4.78 is 0. The van der Waals surface area contributed by atoms with Crippen molar-refractivity contribution in [3.63, 3.8) is 0 Å². The molecule has 0 saturated heterocycles. The predicted octanol–water partition coefficient (Wildman–Crippen LogP) is 10.7. The summed E-state index contributed by atoms with van der Waals surface area (Å²) in [7, 11) is 0. The lowest BCUT2D eigenvalue weighted by Gasteiger charge is -2.39. The van der Waals surface area contributed by atoms with Crippen LogP contribution in [-0.4, -0.2) is 23.5 Å². The highest BCUT2D eigenvalue weighted by Gasteiger charge is 2.25. The van der Waals surface area contributed by atoms with Crippen LogP contribution in [0.4, 0.5) is 0 Å². The Morgan fingerprint density at radius 1 is 0.387 bits per heavy atom. The van der Waals surface area contributed by atoms with E-state index in [0.717, 1.165) is 0 Å². The van der Waals surface area contributed by atoms with E-state index in [1.54, 1.807) is 0 Å². The molecule has 0 aliphatic carbocycles. The lowest BCUT2D eigenvalue weighted by atomic mass is 9.93. The summed E-state index contributed by atoms with van der Waals surface area (Å²) >= 11 is 0. The molecule has 0 heterocycles. The van der Waals surface area contributed by atoms with Gasteiger partial charge in [0.2, 0.25) is 0 Å². The Morgan fingerprint density at radius 2 is 0.677 bits per heavy atom. The van der Waals surface area contributed by atoms with Crippen molar-refractivity contribution < 1.29 is 0 Å². The van der Waals surface area contributed by atoms with Crippen LogP contribution in [0.1, 0.15) is 176 Å². The summed E-state index contributed by atoms with van der Waals surface area (Å²) in [6.45, 7) is 14.6. The van der Waals surface area contributed by atoms with Gasteiger partial charge in [-0.2, -0.15) is 0 Å². The highest BCUT2D eigenvalue weighted by molar-refractivity contribution is 4.81. The van der Waals surface area contributed by atoms with Crippen LogP contribution in [-0.2, 0) is 0 Å². The molecular weight excluding hydrogens is 374 g/mol. The molecule has 31 heavy (non-hydrogen) atoms. The second kappa shape index (κ2) is 23.1. The topological polar surface area (TPSA) is 3.24 Å². The Labute approximate surface area is 199 Å². The van der Waals surface area contributed by atoms with Crippen LogP contribution < -0.4 is 0 Å². The van der Waals surface area contributed by atoms with E-state index in [9.17, 15) is 0 Å². The first-order valence-electron chi connectivity index (χ1n) is 14.8. The van der Waals surface area contributed by atoms with Gasteiger partial charge >= 0.3 is 0 Å². The fourth-order valence-corrected chi connectivity index (χ4v) is 4.91. The number of unbranched alkanes of at least 4 members (excludes halogenated alkanes) is 18. The van der Waals surface area contributed by atoms with Crippen molar-refractivity contribution >= 4 is 0 Å². The molecule has 0 spiro atoms. The lowest BCUT2D eigenvalue weighted by Crippen LogP contribution is -2.45. The van der Waals surface area contributed by atoms with E-state index in [1.807, 2.05) is 0 Å².